The number of anilines is 2. The molecule has 0 bridgehead atoms. The highest BCUT2D eigenvalue weighted by molar-refractivity contribution is 5.84. The third-order valence-corrected chi connectivity index (χ3v) is 2.41. The topological polar surface area (TPSA) is 81.7 Å². The van der Waals surface area contributed by atoms with Crippen molar-refractivity contribution in [1.82, 2.24) is 19.5 Å². The number of nitrogens with zero attached hydrogens (tertiary/aromatic N) is 4. The number of aryl methyl sites for hydroxylation is 1. The van der Waals surface area contributed by atoms with Crippen molar-refractivity contribution in [3.05, 3.63) is 6.33 Å². The van der Waals surface area contributed by atoms with Crippen LogP contribution < -0.4 is 11.1 Å². The summed E-state index contributed by atoms with van der Waals surface area (Å²) < 4.78 is 2.04. The minimum absolute atomic E-state index is 0.498. The van der Waals surface area contributed by atoms with E-state index >= 15 is 0 Å². The molecule has 0 fully saturated rings. The van der Waals surface area contributed by atoms with Gasteiger partial charge in [0, 0.05) is 13.1 Å². The fourth-order valence-electron chi connectivity index (χ4n) is 1.78. The van der Waals surface area contributed by atoms with Gasteiger partial charge in [0.05, 0.1) is 0 Å². The summed E-state index contributed by atoms with van der Waals surface area (Å²) >= 11 is 0. The van der Waals surface area contributed by atoms with E-state index in [2.05, 4.69) is 20.3 Å². The molecule has 72 valence electrons. The van der Waals surface area contributed by atoms with Crippen LogP contribution in [-0.2, 0) is 6.54 Å². The van der Waals surface area contributed by atoms with Crippen molar-refractivity contribution in [2.75, 3.05) is 17.6 Å². The number of fused-ring (bicyclic) bond motifs is 3. The molecule has 2 aromatic heterocycles. The molecule has 0 unspecified atom stereocenters. The molecule has 0 saturated carbocycles. The molecule has 0 spiro atoms. The van der Waals surface area contributed by atoms with E-state index in [0.717, 1.165) is 31.0 Å². The highest BCUT2D eigenvalue weighted by Gasteiger charge is 2.16. The quantitative estimate of drug-likeness (QED) is 0.621. The Morgan fingerprint density at radius 1 is 1.43 bits per heavy atom. The summed E-state index contributed by atoms with van der Waals surface area (Å²) in [6, 6.07) is 0. The SMILES string of the molecule is Nc1ncnc2nc3n(c12)CCCN3. The normalized spacial score (nSPS) is 15.1. The Balaban J connectivity index is 2.38. The van der Waals surface area contributed by atoms with Crippen LogP contribution in [-0.4, -0.2) is 26.1 Å². The van der Waals surface area contributed by atoms with Crippen LogP contribution in [0, 0.1) is 0 Å². The lowest BCUT2D eigenvalue weighted by Crippen LogP contribution is -2.17. The van der Waals surface area contributed by atoms with Crippen molar-refractivity contribution in [3.63, 3.8) is 0 Å². The molecule has 3 heterocycles. The third-order valence-electron chi connectivity index (χ3n) is 2.41. The molecule has 3 N–H and O–H groups in total. The van der Waals surface area contributed by atoms with Crippen LogP contribution >= 0.6 is 0 Å². The second-order valence-electron chi connectivity index (χ2n) is 3.30. The molecule has 2 aromatic rings. The second-order valence-corrected chi connectivity index (χ2v) is 3.30. The molecule has 0 aromatic carbocycles. The lowest BCUT2D eigenvalue weighted by Gasteiger charge is -2.15. The fourth-order valence-corrected chi connectivity index (χ4v) is 1.78. The standard InChI is InChI=1S/C8H10N6/c9-6-5-7(12-4-11-6)13-8-10-2-1-3-14(5)8/h4H,1-3H2,(H3,9,10,11,12,13). The Labute approximate surface area is 80.2 Å². The average Bonchev–Trinajstić information content (AvgIpc) is 2.57. The van der Waals surface area contributed by atoms with E-state index in [4.69, 9.17) is 5.73 Å². The first-order valence-corrected chi connectivity index (χ1v) is 4.57. The van der Waals surface area contributed by atoms with Crippen LogP contribution in [0.3, 0.4) is 0 Å². The summed E-state index contributed by atoms with van der Waals surface area (Å²) in [5.41, 5.74) is 7.30. The summed E-state index contributed by atoms with van der Waals surface area (Å²) in [5.74, 6) is 1.34. The van der Waals surface area contributed by atoms with Gasteiger partial charge in [0.15, 0.2) is 11.5 Å². The fraction of sp³-hybridized carbons (Fsp3) is 0.375. The predicted molar refractivity (Wildman–Crippen MR) is 52.8 cm³/mol. The Morgan fingerprint density at radius 2 is 2.36 bits per heavy atom. The van der Waals surface area contributed by atoms with Crippen LogP contribution in [0.1, 0.15) is 6.42 Å². The number of nitrogen functional groups attached to an aromatic ring is 1. The average molecular weight is 190 g/mol. The molecule has 0 atom stereocenters. The molecule has 6 heteroatoms. The van der Waals surface area contributed by atoms with Gasteiger partial charge >= 0.3 is 0 Å². The lowest BCUT2D eigenvalue weighted by atomic mass is 10.3. The van der Waals surface area contributed by atoms with Gasteiger partial charge in [-0.15, -0.1) is 0 Å². The highest BCUT2D eigenvalue weighted by Crippen LogP contribution is 2.23. The minimum atomic E-state index is 0.498. The molecule has 3 rings (SSSR count). The minimum Gasteiger partial charge on any atom is -0.382 e. The number of rotatable bonds is 0. The molecule has 1 aliphatic heterocycles. The Kier molecular flexibility index (Phi) is 1.38. The number of nitrogens with one attached hydrogen (secondary N) is 1. The van der Waals surface area contributed by atoms with Gasteiger partial charge in [-0.05, 0) is 6.42 Å². The summed E-state index contributed by atoms with van der Waals surface area (Å²) in [7, 11) is 0. The van der Waals surface area contributed by atoms with Crippen molar-refractivity contribution < 1.29 is 0 Å². The van der Waals surface area contributed by atoms with Crippen molar-refractivity contribution in [1.29, 1.82) is 0 Å². The molecule has 0 amide bonds. The first-order valence-electron chi connectivity index (χ1n) is 4.57. The van der Waals surface area contributed by atoms with Crippen LogP contribution in [0.4, 0.5) is 11.8 Å². The van der Waals surface area contributed by atoms with Crippen molar-refractivity contribution in [2.45, 2.75) is 13.0 Å². The molecule has 14 heavy (non-hydrogen) atoms. The van der Waals surface area contributed by atoms with Gasteiger partial charge in [-0.1, -0.05) is 0 Å². The predicted octanol–water partition coefficient (Wildman–Crippen LogP) is 0.224. The van der Waals surface area contributed by atoms with Crippen LogP contribution in [0.25, 0.3) is 11.2 Å². The summed E-state index contributed by atoms with van der Waals surface area (Å²) in [6.07, 6.45) is 2.52. The summed E-state index contributed by atoms with van der Waals surface area (Å²) in [4.78, 5) is 12.4. The van der Waals surface area contributed by atoms with E-state index in [-0.39, 0.29) is 0 Å². The zero-order valence-corrected chi connectivity index (χ0v) is 7.56. The van der Waals surface area contributed by atoms with Crippen LogP contribution in [0.2, 0.25) is 0 Å². The highest BCUT2D eigenvalue weighted by atomic mass is 15.3. The first-order chi connectivity index (χ1) is 6.86. The zero-order valence-electron chi connectivity index (χ0n) is 7.56. The Bertz CT molecular complexity index is 488. The van der Waals surface area contributed by atoms with E-state index < -0.39 is 0 Å². The molecule has 6 nitrogen and oxygen atoms in total. The van der Waals surface area contributed by atoms with Gasteiger partial charge in [-0.3, -0.25) is 0 Å². The number of nitrogens with two attached hydrogens (primary N) is 1. The molecule has 0 saturated heterocycles. The lowest BCUT2D eigenvalue weighted by molar-refractivity contribution is 0.642. The molecular weight excluding hydrogens is 180 g/mol. The van der Waals surface area contributed by atoms with Gasteiger partial charge in [0.2, 0.25) is 5.95 Å². The Hall–Kier alpha value is -1.85. The van der Waals surface area contributed by atoms with E-state index in [9.17, 15) is 0 Å². The first kappa shape index (κ1) is 7.54. The maximum Gasteiger partial charge on any atom is 0.205 e. The Morgan fingerprint density at radius 3 is 3.29 bits per heavy atom. The van der Waals surface area contributed by atoms with E-state index in [0.29, 0.717) is 11.5 Å². The summed E-state index contributed by atoms with van der Waals surface area (Å²) in [6.45, 7) is 1.88. The maximum atomic E-state index is 5.79. The zero-order chi connectivity index (χ0) is 9.54. The van der Waals surface area contributed by atoms with Crippen molar-refractivity contribution in [3.8, 4) is 0 Å². The van der Waals surface area contributed by atoms with Crippen molar-refractivity contribution >= 4 is 22.9 Å². The number of aromatic nitrogens is 4. The number of imidazole rings is 1. The largest absolute Gasteiger partial charge is 0.382 e. The van der Waals surface area contributed by atoms with Gasteiger partial charge in [-0.2, -0.15) is 4.98 Å². The summed E-state index contributed by atoms with van der Waals surface area (Å²) in [5, 5.41) is 3.21. The molecule has 1 aliphatic rings. The van der Waals surface area contributed by atoms with E-state index in [1.807, 2.05) is 4.57 Å². The van der Waals surface area contributed by atoms with E-state index in [1.54, 1.807) is 0 Å². The van der Waals surface area contributed by atoms with Gasteiger partial charge in [0.25, 0.3) is 0 Å². The second kappa shape index (κ2) is 2.57. The van der Waals surface area contributed by atoms with Crippen molar-refractivity contribution in [2.24, 2.45) is 0 Å². The van der Waals surface area contributed by atoms with Gasteiger partial charge in [-0.25, -0.2) is 9.97 Å². The van der Waals surface area contributed by atoms with Gasteiger partial charge < -0.3 is 15.6 Å². The molecule has 0 radical (unpaired) electrons. The van der Waals surface area contributed by atoms with Gasteiger partial charge in [0.1, 0.15) is 11.8 Å². The monoisotopic (exact) mass is 190 g/mol. The smallest absolute Gasteiger partial charge is 0.205 e. The number of hydrogen-bond donors (Lipinski definition) is 2. The maximum absolute atomic E-state index is 5.79. The molecule has 0 aliphatic carbocycles. The van der Waals surface area contributed by atoms with Crippen LogP contribution in [0.15, 0.2) is 6.33 Å². The molecular formula is C8H10N6. The third kappa shape index (κ3) is 0.876. The number of hydrogen-bond acceptors (Lipinski definition) is 5. The van der Waals surface area contributed by atoms with Crippen LogP contribution in [0.5, 0.6) is 0 Å². The van der Waals surface area contributed by atoms with E-state index in [1.165, 1.54) is 6.33 Å².